The molecule has 2 spiro atoms. The van der Waals surface area contributed by atoms with Gasteiger partial charge in [0.05, 0.1) is 5.41 Å². The zero-order valence-corrected chi connectivity index (χ0v) is 23.9. The van der Waals surface area contributed by atoms with Gasteiger partial charge in [-0.3, -0.25) is 14.5 Å². The third-order valence-electron chi connectivity index (χ3n) is 9.14. The first kappa shape index (κ1) is 26.3. The SMILES string of the molecule is CN(C)c1ccc(/C=C2\CNC[C@]3(C2=O)[C@H](c2ccc(N(C)C)cc2)CN(C)[C@]32C(=O)Nc3ccccc32)cc1. The van der Waals surface area contributed by atoms with Gasteiger partial charge in [-0.1, -0.05) is 42.5 Å². The Morgan fingerprint density at radius 3 is 2.15 bits per heavy atom. The Morgan fingerprint density at radius 2 is 1.50 bits per heavy atom. The van der Waals surface area contributed by atoms with Crippen LogP contribution in [0.3, 0.4) is 0 Å². The molecule has 40 heavy (non-hydrogen) atoms. The molecule has 7 nitrogen and oxygen atoms in total. The highest BCUT2D eigenvalue weighted by molar-refractivity contribution is 6.15. The van der Waals surface area contributed by atoms with E-state index >= 15 is 4.79 Å². The van der Waals surface area contributed by atoms with Gasteiger partial charge in [0.1, 0.15) is 5.54 Å². The minimum absolute atomic E-state index is 0.0424. The maximum Gasteiger partial charge on any atom is 0.250 e. The molecule has 0 saturated carbocycles. The number of hydrogen-bond donors (Lipinski definition) is 2. The predicted molar refractivity (Wildman–Crippen MR) is 162 cm³/mol. The molecule has 2 N–H and O–H groups in total. The number of nitrogens with zero attached hydrogens (tertiary/aromatic N) is 3. The van der Waals surface area contributed by atoms with E-state index in [-0.39, 0.29) is 17.6 Å². The maximum atomic E-state index is 15.0. The number of para-hydroxylation sites is 1. The number of nitrogens with one attached hydrogen (secondary N) is 2. The van der Waals surface area contributed by atoms with Gasteiger partial charge in [0.15, 0.2) is 5.78 Å². The van der Waals surface area contributed by atoms with Gasteiger partial charge < -0.3 is 20.4 Å². The number of piperidine rings is 1. The normalized spacial score (nSPS) is 26.9. The Labute approximate surface area is 236 Å². The van der Waals surface area contributed by atoms with Crippen LogP contribution in [0.1, 0.15) is 22.6 Å². The number of amides is 1. The number of likely N-dealkylation sites (N-methyl/N-ethyl adjacent to an activating group) is 1. The molecule has 0 aliphatic carbocycles. The van der Waals surface area contributed by atoms with Crippen molar-refractivity contribution in [2.75, 3.05) is 70.0 Å². The number of anilines is 3. The van der Waals surface area contributed by atoms with E-state index in [1.54, 1.807) is 0 Å². The summed E-state index contributed by atoms with van der Waals surface area (Å²) in [6, 6.07) is 24.5. The largest absolute Gasteiger partial charge is 0.378 e. The van der Waals surface area contributed by atoms with Crippen molar-refractivity contribution in [1.29, 1.82) is 0 Å². The Morgan fingerprint density at radius 1 is 0.875 bits per heavy atom. The van der Waals surface area contributed by atoms with Crippen molar-refractivity contribution in [3.63, 3.8) is 0 Å². The molecule has 0 radical (unpaired) electrons. The van der Waals surface area contributed by atoms with Crippen LogP contribution in [0.2, 0.25) is 0 Å². The molecule has 2 saturated heterocycles. The minimum atomic E-state index is -1.13. The van der Waals surface area contributed by atoms with Gasteiger partial charge in [-0.05, 0) is 54.6 Å². The second-order valence-electron chi connectivity index (χ2n) is 11.7. The highest BCUT2D eigenvalue weighted by atomic mass is 16.2. The van der Waals surface area contributed by atoms with E-state index in [4.69, 9.17) is 0 Å². The molecule has 2 fully saturated rings. The molecule has 3 aliphatic rings. The van der Waals surface area contributed by atoms with E-state index in [9.17, 15) is 4.79 Å². The summed E-state index contributed by atoms with van der Waals surface area (Å²) in [5.41, 5.74) is 4.42. The second-order valence-corrected chi connectivity index (χ2v) is 11.7. The molecule has 3 aromatic carbocycles. The number of carbonyl (C=O) groups is 2. The van der Waals surface area contributed by atoms with Crippen molar-refractivity contribution in [3.8, 4) is 0 Å². The molecule has 7 heteroatoms. The third kappa shape index (κ3) is 3.64. The standard InChI is InChI=1S/C33H37N5O2/c1-36(2)25-14-10-22(11-15-25)18-24-19-34-21-32(30(24)39)28(23-12-16-26(17-13-23)37(3)4)20-38(5)33(32)27-8-6-7-9-29(27)35-31(33)40/h6-18,28,34H,19-21H2,1-5H3,(H,35,40)/b24-18+/t28-,32+,33+/m0/s1. The average Bonchev–Trinajstić information content (AvgIpc) is 3.40. The number of rotatable bonds is 4. The molecule has 0 unspecified atom stereocenters. The van der Waals surface area contributed by atoms with Crippen LogP contribution in [0.25, 0.3) is 6.08 Å². The fourth-order valence-electron chi connectivity index (χ4n) is 7.22. The Balaban J connectivity index is 1.53. The minimum Gasteiger partial charge on any atom is -0.378 e. The summed E-state index contributed by atoms with van der Waals surface area (Å²) >= 11 is 0. The first-order valence-corrected chi connectivity index (χ1v) is 13.8. The number of hydrogen-bond acceptors (Lipinski definition) is 6. The van der Waals surface area contributed by atoms with Crippen LogP contribution in [0.15, 0.2) is 78.4 Å². The van der Waals surface area contributed by atoms with Crippen molar-refractivity contribution in [2.24, 2.45) is 5.41 Å². The molecular weight excluding hydrogens is 498 g/mol. The van der Waals surface area contributed by atoms with Gasteiger partial charge >= 0.3 is 0 Å². The van der Waals surface area contributed by atoms with E-state index in [2.05, 4.69) is 61.7 Å². The van der Waals surface area contributed by atoms with Gasteiger partial charge in [-0.25, -0.2) is 0 Å². The Bertz CT molecular complexity index is 1490. The van der Waals surface area contributed by atoms with E-state index in [1.165, 1.54) is 0 Å². The molecule has 3 aromatic rings. The zero-order chi connectivity index (χ0) is 28.2. The van der Waals surface area contributed by atoms with Gasteiger partial charge in [0.25, 0.3) is 5.91 Å². The first-order valence-electron chi connectivity index (χ1n) is 13.8. The highest BCUT2D eigenvalue weighted by Crippen LogP contribution is 2.63. The van der Waals surface area contributed by atoms with Crippen molar-refractivity contribution < 1.29 is 9.59 Å². The van der Waals surface area contributed by atoms with E-state index in [1.807, 2.05) is 77.7 Å². The topological polar surface area (TPSA) is 67.9 Å². The lowest BCUT2D eigenvalue weighted by molar-refractivity contribution is -0.143. The molecule has 3 heterocycles. The summed E-state index contributed by atoms with van der Waals surface area (Å²) in [5, 5.41) is 6.73. The van der Waals surface area contributed by atoms with Gasteiger partial charge in [0.2, 0.25) is 0 Å². The lowest BCUT2D eigenvalue weighted by Crippen LogP contribution is -2.65. The number of likely N-dealkylation sites (tertiary alicyclic amines) is 1. The van der Waals surface area contributed by atoms with Crippen LogP contribution >= 0.6 is 0 Å². The molecule has 3 atom stereocenters. The number of Topliss-reactive ketones (excluding diaryl/α,β-unsaturated/α-hetero) is 1. The smallest absolute Gasteiger partial charge is 0.250 e. The van der Waals surface area contributed by atoms with Crippen LogP contribution in [0.4, 0.5) is 17.1 Å². The first-order chi connectivity index (χ1) is 19.2. The monoisotopic (exact) mass is 535 g/mol. The number of benzene rings is 3. The molecule has 1 amide bonds. The van der Waals surface area contributed by atoms with Crippen molar-refractivity contribution in [3.05, 3.63) is 95.1 Å². The molecule has 0 aromatic heterocycles. The summed E-state index contributed by atoms with van der Waals surface area (Å²) in [4.78, 5) is 35.5. The molecular formula is C33H37N5O2. The van der Waals surface area contributed by atoms with E-state index < -0.39 is 11.0 Å². The lowest BCUT2D eigenvalue weighted by atomic mass is 9.56. The second kappa shape index (κ2) is 9.61. The Hall–Kier alpha value is -3.94. The summed E-state index contributed by atoms with van der Waals surface area (Å²) in [7, 11) is 10.1. The summed E-state index contributed by atoms with van der Waals surface area (Å²) in [6.45, 7) is 1.46. The lowest BCUT2D eigenvalue weighted by Gasteiger charge is -2.48. The van der Waals surface area contributed by atoms with Crippen LogP contribution in [0, 0.1) is 5.41 Å². The van der Waals surface area contributed by atoms with Crippen molar-refractivity contribution in [2.45, 2.75) is 11.5 Å². The predicted octanol–water partition coefficient (Wildman–Crippen LogP) is 3.94. The van der Waals surface area contributed by atoms with Crippen LogP contribution in [-0.4, -0.2) is 71.5 Å². The zero-order valence-electron chi connectivity index (χ0n) is 23.9. The fraction of sp³-hybridized carbons (Fsp3) is 0.333. The van der Waals surface area contributed by atoms with Gasteiger partial charge in [0, 0.05) is 81.9 Å². The third-order valence-corrected chi connectivity index (χ3v) is 9.14. The van der Waals surface area contributed by atoms with E-state index in [0.717, 1.165) is 33.8 Å². The van der Waals surface area contributed by atoms with Crippen LogP contribution < -0.4 is 20.4 Å². The number of fused-ring (bicyclic) bond motifs is 3. The molecule has 6 rings (SSSR count). The summed E-state index contributed by atoms with van der Waals surface area (Å²) in [6.07, 6.45) is 1.99. The van der Waals surface area contributed by atoms with E-state index in [0.29, 0.717) is 25.2 Å². The van der Waals surface area contributed by atoms with Crippen LogP contribution in [-0.2, 0) is 15.1 Å². The van der Waals surface area contributed by atoms with Crippen molar-refractivity contribution >= 4 is 34.8 Å². The number of ketones is 1. The average molecular weight is 536 g/mol. The number of carbonyl (C=O) groups excluding carboxylic acids is 2. The molecule has 206 valence electrons. The van der Waals surface area contributed by atoms with Gasteiger partial charge in [-0.2, -0.15) is 0 Å². The quantitative estimate of drug-likeness (QED) is 0.494. The fourth-order valence-corrected chi connectivity index (χ4v) is 7.22. The van der Waals surface area contributed by atoms with Crippen molar-refractivity contribution in [1.82, 2.24) is 10.2 Å². The van der Waals surface area contributed by atoms with Gasteiger partial charge in [-0.15, -0.1) is 0 Å². The maximum absolute atomic E-state index is 15.0. The highest BCUT2D eigenvalue weighted by Gasteiger charge is 2.74. The Kier molecular flexibility index (Phi) is 6.32. The molecule has 0 bridgehead atoms. The van der Waals surface area contributed by atoms with Crippen LogP contribution in [0.5, 0.6) is 0 Å². The summed E-state index contributed by atoms with van der Waals surface area (Å²) in [5.74, 6) is -0.276. The molecule has 3 aliphatic heterocycles. The summed E-state index contributed by atoms with van der Waals surface area (Å²) < 4.78 is 0.